The van der Waals surface area contributed by atoms with E-state index in [-0.39, 0.29) is 24.5 Å². The van der Waals surface area contributed by atoms with Crippen molar-refractivity contribution in [2.24, 2.45) is 13.0 Å². The molecule has 1 fully saturated rings. The Morgan fingerprint density at radius 1 is 1.62 bits per heavy atom. The number of pyridine rings is 1. The Kier molecular flexibility index (Phi) is 3.85. The molecule has 0 aromatic carbocycles. The summed E-state index contributed by atoms with van der Waals surface area (Å²) in [6.07, 6.45) is 2.51. The minimum Gasteiger partial charge on any atom is -0.394 e. The van der Waals surface area contributed by atoms with Crippen LogP contribution in [0.4, 0.5) is 0 Å². The highest BCUT2D eigenvalue weighted by Gasteiger charge is 2.27. The summed E-state index contributed by atoms with van der Waals surface area (Å²) < 4.78 is 7.06. The highest BCUT2D eigenvalue weighted by Crippen LogP contribution is 2.17. The first kappa shape index (κ1) is 14.0. The van der Waals surface area contributed by atoms with Crippen molar-refractivity contribution in [3.8, 4) is 0 Å². The van der Waals surface area contributed by atoms with Gasteiger partial charge in [0.25, 0.3) is 5.91 Å². The number of carbonyl (C=O) groups is 1. The average molecular weight is 290 g/mol. The van der Waals surface area contributed by atoms with E-state index in [1.165, 1.54) is 0 Å². The number of aliphatic hydroxyl groups is 1. The molecule has 0 spiro atoms. The Morgan fingerprint density at radius 2 is 2.48 bits per heavy atom. The molecule has 2 unspecified atom stereocenters. The van der Waals surface area contributed by atoms with E-state index < -0.39 is 0 Å². The molecule has 2 N–H and O–H groups in total. The molecule has 2 aromatic heterocycles. The van der Waals surface area contributed by atoms with Gasteiger partial charge in [0.1, 0.15) is 11.2 Å². The van der Waals surface area contributed by atoms with Crippen LogP contribution in [0.5, 0.6) is 0 Å². The van der Waals surface area contributed by atoms with E-state index >= 15 is 0 Å². The van der Waals surface area contributed by atoms with Crippen LogP contribution in [0.1, 0.15) is 16.9 Å². The van der Waals surface area contributed by atoms with Crippen LogP contribution in [0, 0.1) is 5.92 Å². The van der Waals surface area contributed by atoms with E-state index in [1.54, 1.807) is 23.0 Å². The van der Waals surface area contributed by atoms with Gasteiger partial charge < -0.3 is 19.7 Å². The number of aliphatic hydroxyl groups excluding tert-OH is 1. The number of hydrogen-bond acceptors (Lipinski definition) is 5. The standard InChI is InChI=1S/C14H18N4O3/c1-18-8-15-10-2-3-11(16-13(10)18)14(20)17-12(6-19)9-4-5-21-7-9/h2-3,8-9,12,19H,4-7H2,1H3,(H,17,20). The van der Waals surface area contributed by atoms with Crippen molar-refractivity contribution in [2.45, 2.75) is 12.5 Å². The summed E-state index contributed by atoms with van der Waals surface area (Å²) in [7, 11) is 1.83. The van der Waals surface area contributed by atoms with Crippen LogP contribution in [0.25, 0.3) is 11.2 Å². The van der Waals surface area contributed by atoms with Crippen LogP contribution in [0.15, 0.2) is 18.5 Å². The van der Waals surface area contributed by atoms with Crippen molar-refractivity contribution in [1.29, 1.82) is 0 Å². The van der Waals surface area contributed by atoms with Gasteiger partial charge in [-0.15, -0.1) is 0 Å². The largest absolute Gasteiger partial charge is 0.394 e. The lowest BCUT2D eigenvalue weighted by Gasteiger charge is -2.21. The molecular formula is C14H18N4O3. The zero-order valence-electron chi connectivity index (χ0n) is 11.8. The first-order valence-corrected chi connectivity index (χ1v) is 6.96. The molecule has 112 valence electrons. The summed E-state index contributed by atoms with van der Waals surface area (Å²) in [5.74, 6) is -0.136. The van der Waals surface area contributed by atoms with Gasteiger partial charge >= 0.3 is 0 Å². The zero-order chi connectivity index (χ0) is 14.8. The predicted octanol–water partition coefficient (Wildman–Crippen LogP) is 0.0955. The molecule has 0 aliphatic carbocycles. The first-order valence-electron chi connectivity index (χ1n) is 6.96. The summed E-state index contributed by atoms with van der Waals surface area (Å²) in [5.41, 5.74) is 1.73. The normalized spacial score (nSPS) is 19.8. The SMILES string of the molecule is Cn1cnc2ccc(C(=O)NC(CO)C3CCOC3)nc21. The van der Waals surface area contributed by atoms with Crippen LogP contribution in [-0.2, 0) is 11.8 Å². The Morgan fingerprint density at radius 3 is 3.19 bits per heavy atom. The minimum absolute atomic E-state index is 0.103. The van der Waals surface area contributed by atoms with Gasteiger partial charge in [0.2, 0.25) is 0 Å². The van der Waals surface area contributed by atoms with Crippen molar-refractivity contribution in [3.05, 3.63) is 24.2 Å². The number of nitrogens with one attached hydrogen (secondary N) is 1. The second-order valence-electron chi connectivity index (χ2n) is 5.28. The van der Waals surface area contributed by atoms with Gasteiger partial charge in [-0.05, 0) is 18.6 Å². The number of fused-ring (bicyclic) bond motifs is 1. The molecule has 3 heterocycles. The molecule has 1 saturated heterocycles. The molecule has 21 heavy (non-hydrogen) atoms. The molecular weight excluding hydrogens is 272 g/mol. The second kappa shape index (κ2) is 5.79. The van der Waals surface area contributed by atoms with Gasteiger partial charge in [-0.25, -0.2) is 9.97 Å². The number of aryl methyl sites for hydroxylation is 1. The summed E-state index contributed by atoms with van der Waals surface area (Å²) in [6, 6.07) is 3.11. The summed E-state index contributed by atoms with van der Waals surface area (Å²) >= 11 is 0. The number of amides is 1. The third-order valence-electron chi connectivity index (χ3n) is 3.84. The fraction of sp³-hybridized carbons (Fsp3) is 0.500. The maximum absolute atomic E-state index is 12.3. The Bertz CT molecular complexity index is 649. The number of ether oxygens (including phenoxy) is 1. The number of rotatable bonds is 4. The number of imidazole rings is 1. The maximum atomic E-state index is 12.3. The number of hydrogen-bond donors (Lipinski definition) is 2. The Labute approximate surface area is 122 Å². The molecule has 0 bridgehead atoms. The molecule has 1 aliphatic rings. The van der Waals surface area contributed by atoms with E-state index in [9.17, 15) is 9.90 Å². The Balaban J connectivity index is 1.77. The van der Waals surface area contributed by atoms with Gasteiger partial charge in [-0.1, -0.05) is 0 Å². The van der Waals surface area contributed by atoms with Crippen molar-refractivity contribution in [1.82, 2.24) is 19.9 Å². The van der Waals surface area contributed by atoms with Crippen molar-refractivity contribution in [2.75, 3.05) is 19.8 Å². The van der Waals surface area contributed by atoms with Crippen molar-refractivity contribution < 1.29 is 14.6 Å². The highest BCUT2D eigenvalue weighted by atomic mass is 16.5. The molecule has 7 heteroatoms. The molecule has 2 atom stereocenters. The molecule has 1 amide bonds. The fourth-order valence-corrected chi connectivity index (χ4v) is 2.56. The number of carbonyl (C=O) groups excluding carboxylic acids is 1. The van der Waals surface area contributed by atoms with Crippen LogP contribution < -0.4 is 5.32 Å². The zero-order valence-corrected chi connectivity index (χ0v) is 11.8. The summed E-state index contributed by atoms with van der Waals surface area (Å²) in [4.78, 5) is 20.8. The van der Waals surface area contributed by atoms with Crippen molar-refractivity contribution >= 4 is 17.1 Å². The van der Waals surface area contributed by atoms with E-state index in [0.717, 1.165) is 11.9 Å². The summed E-state index contributed by atoms with van der Waals surface area (Å²) in [5, 5.41) is 12.3. The molecule has 1 aliphatic heterocycles. The smallest absolute Gasteiger partial charge is 0.270 e. The minimum atomic E-state index is -0.302. The van der Waals surface area contributed by atoms with Gasteiger partial charge in [0.15, 0.2) is 5.65 Å². The topological polar surface area (TPSA) is 89.3 Å². The lowest BCUT2D eigenvalue weighted by atomic mass is 9.99. The van der Waals surface area contributed by atoms with E-state index in [4.69, 9.17) is 4.74 Å². The maximum Gasteiger partial charge on any atom is 0.270 e. The lowest BCUT2D eigenvalue weighted by molar-refractivity contribution is 0.0873. The van der Waals surface area contributed by atoms with Gasteiger partial charge in [-0.3, -0.25) is 4.79 Å². The second-order valence-corrected chi connectivity index (χ2v) is 5.28. The number of aromatic nitrogens is 3. The van der Waals surface area contributed by atoms with Crippen LogP contribution in [-0.4, -0.2) is 51.4 Å². The third kappa shape index (κ3) is 2.74. The summed E-state index contributed by atoms with van der Waals surface area (Å²) in [6.45, 7) is 1.14. The molecule has 7 nitrogen and oxygen atoms in total. The number of nitrogens with zero attached hydrogens (tertiary/aromatic N) is 3. The third-order valence-corrected chi connectivity index (χ3v) is 3.84. The van der Waals surface area contributed by atoms with Crippen LogP contribution in [0.3, 0.4) is 0 Å². The van der Waals surface area contributed by atoms with E-state index in [1.807, 2.05) is 7.05 Å². The fourth-order valence-electron chi connectivity index (χ4n) is 2.56. The van der Waals surface area contributed by atoms with E-state index in [0.29, 0.717) is 24.6 Å². The quantitative estimate of drug-likeness (QED) is 0.833. The first-order chi connectivity index (χ1) is 10.2. The monoisotopic (exact) mass is 290 g/mol. The van der Waals surface area contributed by atoms with Crippen LogP contribution in [0.2, 0.25) is 0 Å². The lowest BCUT2D eigenvalue weighted by Crippen LogP contribution is -2.43. The van der Waals surface area contributed by atoms with Gasteiger partial charge in [0.05, 0.1) is 25.6 Å². The highest BCUT2D eigenvalue weighted by molar-refractivity contribution is 5.94. The predicted molar refractivity (Wildman–Crippen MR) is 75.8 cm³/mol. The molecule has 2 aromatic rings. The molecule has 3 rings (SSSR count). The Hall–Kier alpha value is -1.99. The van der Waals surface area contributed by atoms with E-state index in [2.05, 4.69) is 15.3 Å². The van der Waals surface area contributed by atoms with Crippen molar-refractivity contribution in [3.63, 3.8) is 0 Å². The molecule has 0 radical (unpaired) electrons. The molecule has 0 saturated carbocycles. The average Bonchev–Trinajstić information content (AvgIpc) is 3.15. The van der Waals surface area contributed by atoms with Gasteiger partial charge in [0, 0.05) is 19.6 Å². The van der Waals surface area contributed by atoms with Crippen LogP contribution >= 0.6 is 0 Å². The van der Waals surface area contributed by atoms with Gasteiger partial charge in [-0.2, -0.15) is 0 Å².